The molecule has 5 nitrogen and oxygen atoms in total. The van der Waals surface area contributed by atoms with E-state index >= 15 is 0 Å². The molecular weight excluding hydrogens is 324 g/mol. The maximum Gasteiger partial charge on any atom is 0.263 e. The van der Waals surface area contributed by atoms with E-state index in [0.717, 1.165) is 42.6 Å². The van der Waals surface area contributed by atoms with Crippen molar-refractivity contribution < 1.29 is 14.3 Å². The van der Waals surface area contributed by atoms with Crippen molar-refractivity contribution in [3.05, 3.63) is 29.3 Å². The number of amides is 1. The number of methoxy groups -OCH3 is 1. The third-order valence-electron chi connectivity index (χ3n) is 5.83. The summed E-state index contributed by atoms with van der Waals surface area (Å²) >= 11 is 5.40. The summed E-state index contributed by atoms with van der Waals surface area (Å²) in [6.07, 6.45) is 3.49. The van der Waals surface area contributed by atoms with Gasteiger partial charge in [0.25, 0.3) is 5.91 Å². The number of rotatable bonds is 1. The minimum absolute atomic E-state index is 0.0206. The molecule has 1 saturated carbocycles. The molecule has 1 aromatic rings. The maximum atomic E-state index is 13.3. The summed E-state index contributed by atoms with van der Waals surface area (Å²) < 4.78 is 12.0. The number of ether oxygens (including phenoxy) is 2. The molecule has 1 amide bonds. The average molecular weight is 346 g/mol. The molecule has 4 rings (SSSR count). The number of likely N-dealkylation sites (N-methyl/N-ethyl adjacent to an activating group) is 1. The third-order valence-corrected chi connectivity index (χ3v) is 6.20. The third kappa shape index (κ3) is 1.84. The summed E-state index contributed by atoms with van der Waals surface area (Å²) in [5, 5.41) is 3.81. The van der Waals surface area contributed by atoms with Crippen molar-refractivity contribution in [3.63, 3.8) is 0 Å². The van der Waals surface area contributed by atoms with Crippen molar-refractivity contribution >= 4 is 23.2 Å². The Morgan fingerprint density at radius 1 is 1.38 bits per heavy atom. The lowest BCUT2D eigenvalue weighted by Gasteiger charge is -2.44. The monoisotopic (exact) mass is 346 g/mol. The standard InChI is InChI=1S/C18H22N2O3S/c1-11-4-5-14-13(10-11)18(15(21)20(2)16(24)19-18)17(23-14)8-6-12(22-3)7-9-17/h4-5,10,12H,6-9H2,1-3H3,(H,19,24). The molecule has 3 aliphatic rings. The highest BCUT2D eigenvalue weighted by molar-refractivity contribution is 7.80. The molecule has 2 spiro atoms. The normalized spacial score (nSPS) is 34.6. The molecule has 2 fully saturated rings. The lowest BCUT2D eigenvalue weighted by atomic mass is 9.68. The van der Waals surface area contributed by atoms with Crippen LogP contribution in [0.4, 0.5) is 0 Å². The van der Waals surface area contributed by atoms with E-state index in [0.29, 0.717) is 5.11 Å². The van der Waals surface area contributed by atoms with Gasteiger partial charge >= 0.3 is 0 Å². The Balaban J connectivity index is 1.87. The van der Waals surface area contributed by atoms with Crippen LogP contribution in [0.1, 0.15) is 36.8 Å². The van der Waals surface area contributed by atoms with Crippen molar-refractivity contribution in [1.29, 1.82) is 0 Å². The van der Waals surface area contributed by atoms with Crippen molar-refractivity contribution in [2.24, 2.45) is 0 Å². The second-order valence-electron chi connectivity index (χ2n) is 7.08. The fourth-order valence-corrected chi connectivity index (χ4v) is 4.70. The number of nitrogens with one attached hydrogen (secondary N) is 1. The number of nitrogens with zero attached hydrogens (tertiary/aromatic N) is 1. The van der Waals surface area contributed by atoms with E-state index in [1.807, 2.05) is 19.1 Å². The highest BCUT2D eigenvalue weighted by Crippen LogP contribution is 2.56. The fourth-order valence-electron chi connectivity index (χ4n) is 4.46. The van der Waals surface area contributed by atoms with E-state index in [9.17, 15) is 4.79 Å². The van der Waals surface area contributed by atoms with Gasteiger partial charge in [0.2, 0.25) is 0 Å². The summed E-state index contributed by atoms with van der Waals surface area (Å²) in [5.74, 6) is 0.767. The highest BCUT2D eigenvalue weighted by atomic mass is 32.1. The van der Waals surface area contributed by atoms with Gasteiger partial charge in [-0.05, 0) is 57.0 Å². The molecule has 6 heteroatoms. The van der Waals surface area contributed by atoms with Gasteiger partial charge in [-0.25, -0.2) is 0 Å². The van der Waals surface area contributed by atoms with Crippen LogP contribution < -0.4 is 10.1 Å². The summed E-state index contributed by atoms with van der Waals surface area (Å²) in [5.41, 5.74) is 0.493. The van der Waals surface area contributed by atoms with Crippen LogP contribution in [-0.2, 0) is 15.1 Å². The topological polar surface area (TPSA) is 50.8 Å². The van der Waals surface area contributed by atoms with Crippen molar-refractivity contribution in [1.82, 2.24) is 10.2 Å². The van der Waals surface area contributed by atoms with Crippen LogP contribution in [0.5, 0.6) is 5.75 Å². The van der Waals surface area contributed by atoms with Gasteiger partial charge in [0.05, 0.1) is 6.10 Å². The Morgan fingerprint density at radius 2 is 2.08 bits per heavy atom. The van der Waals surface area contributed by atoms with E-state index in [-0.39, 0.29) is 12.0 Å². The first kappa shape index (κ1) is 15.8. The summed E-state index contributed by atoms with van der Waals surface area (Å²) in [6.45, 7) is 2.03. The van der Waals surface area contributed by atoms with Gasteiger partial charge in [-0.15, -0.1) is 0 Å². The fraction of sp³-hybridized carbons (Fsp3) is 0.556. The van der Waals surface area contributed by atoms with Crippen molar-refractivity contribution in [3.8, 4) is 5.75 Å². The predicted octanol–water partition coefficient (Wildman–Crippen LogP) is 2.26. The van der Waals surface area contributed by atoms with E-state index in [1.165, 1.54) is 0 Å². The van der Waals surface area contributed by atoms with Gasteiger partial charge in [0.1, 0.15) is 11.4 Å². The summed E-state index contributed by atoms with van der Waals surface area (Å²) in [6, 6.07) is 6.05. The van der Waals surface area contributed by atoms with Gasteiger partial charge in [-0.3, -0.25) is 9.69 Å². The van der Waals surface area contributed by atoms with Gasteiger partial charge in [0.15, 0.2) is 10.7 Å². The molecule has 1 N–H and O–H groups in total. The molecule has 1 atom stereocenters. The van der Waals surface area contributed by atoms with Crippen LogP contribution in [0, 0.1) is 6.92 Å². The molecule has 0 bridgehead atoms. The molecule has 1 saturated heterocycles. The first-order valence-corrected chi connectivity index (χ1v) is 8.77. The van der Waals surface area contributed by atoms with Crippen LogP contribution >= 0.6 is 12.2 Å². The van der Waals surface area contributed by atoms with Crippen LogP contribution in [0.2, 0.25) is 0 Å². The molecule has 128 valence electrons. The number of thiocarbonyl (C=S) groups is 1. The minimum Gasteiger partial charge on any atom is -0.483 e. The second-order valence-corrected chi connectivity index (χ2v) is 7.46. The van der Waals surface area contributed by atoms with Gasteiger partial charge in [-0.1, -0.05) is 11.6 Å². The lowest BCUT2D eigenvalue weighted by molar-refractivity contribution is -0.141. The number of aryl methyl sites for hydroxylation is 1. The van der Waals surface area contributed by atoms with Gasteiger partial charge < -0.3 is 14.8 Å². The zero-order chi connectivity index (χ0) is 17.1. The summed E-state index contributed by atoms with van der Waals surface area (Å²) in [7, 11) is 3.47. The van der Waals surface area contributed by atoms with E-state index in [4.69, 9.17) is 21.7 Å². The predicted molar refractivity (Wildman–Crippen MR) is 94.0 cm³/mol. The Hall–Kier alpha value is -1.66. The number of hydrogen-bond acceptors (Lipinski definition) is 4. The first-order valence-electron chi connectivity index (χ1n) is 8.37. The molecule has 2 heterocycles. The number of benzene rings is 1. The minimum atomic E-state index is -0.918. The second kappa shape index (κ2) is 5.17. The zero-order valence-corrected chi connectivity index (χ0v) is 15.0. The van der Waals surface area contributed by atoms with Gasteiger partial charge in [0, 0.05) is 19.7 Å². The van der Waals surface area contributed by atoms with Crippen molar-refractivity contribution in [2.45, 2.75) is 49.9 Å². The lowest BCUT2D eigenvalue weighted by Crippen LogP contribution is -2.62. The number of hydrogen-bond donors (Lipinski definition) is 1. The van der Waals surface area contributed by atoms with Crippen molar-refractivity contribution in [2.75, 3.05) is 14.2 Å². The molecule has 0 radical (unpaired) electrons. The first-order chi connectivity index (χ1) is 11.4. The molecular formula is C18H22N2O3S. The number of fused-ring (bicyclic) bond motifs is 3. The van der Waals surface area contributed by atoms with Crippen LogP contribution in [0.25, 0.3) is 0 Å². The molecule has 1 aromatic carbocycles. The van der Waals surface area contributed by atoms with E-state index in [1.54, 1.807) is 19.1 Å². The molecule has 0 aromatic heterocycles. The number of carbonyl (C=O) groups is 1. The molecule has 1 unspecified atom stereocenters. The average Bonchev–Trinajstić information content (AvgIpc) is 2.97. The van der Waals surface area contributed by atoms with Crippen LogP contribution in [-0.4, -0.2) is 41.8 Å². The summed E-state index contributed by atoms with van der Waals surface area (Å²) in [4.78, 5) is 14.8. The van der Waals surface area contributed by atoms with E-state index in [2.05, 4.69) is 11.4 Å². The smallest absolute Gasteiger partial charge is 0.263 e. The van der Waals surface area contributed by atoms with Crippen LogP contribution in [0.15, 0.2) is 18.2 Å². The highest BCUT2D eigenvalue weighted by Gasteiger charge is 2.69. The molecule has 24 heavy (non-hydrogen) atoms. The Bertz CT molecular complexity index is 727. The van der Waals surface area contributed by atoms with Gasteiger partial charge in [-0.2, -0.15) is 0 Å². The Labute approximate surface area is 147 Å². The largest absolute Gasteiger partial charge is 0.483 e. The molecule has 2 aliphatic heterocycles. The van der Waals surface area contributed by atoms with Crippen LogP contribution in [0.3, 0.4) is 0 Å². The molecule has 1 aliphatic carbocycles. The zero-order valence-electron chi connectivity index (χ0n) is 14.2. The SMILES string of the molecule is COC1CCC2(CC1)Oc1ccc(C)cc1C21NC(=S)N(C)C1=O. The van der Waals surface area contributed by atoms with E-state index < -0.39 is 11.1 Å². The maximum absolute atomic E-state index is 13.3. The Kier molecular flexibility index (Phi) is 3.41. The Morgan fingerprint density at radius 3 is 2.67 bits per heavy atom. The number of carbonyl (C=O) groups excluding carboxylic acids is 1. The quantitative estimate of drug-likeness (QED) is 0.791.